The van der Waals surface area contributed by atoms with Gasteiger partial charge in [-0.05, 0) is 37.5 Å². The molecule has 1 unspecified atom stereocenters. The fraction of sp³-hybridized carbons (Fsp3) is 0.697. The minimum atomic E-state index is -3.33. The van der Waals surface area contributed by atoms with Gasteiger partial charge in [0.1, 0.15) is 18.4 Å². The summed E-state index contributed by atoms with van der Waals surface area (Å²) in [5, 5.41) is 2.17. The van der Waals surface area contributed by atoms with E-state index >= 15 is 0 Å². The van der Waals surface area contributed by atoms with Gasteiger partial charge in [-0.3, -0.25) is 34.3 Å². The summed E-state index contributed by atoms with van der Waals surface area (Å²) in [4.78, 5) is 52.7. The Hall–Kier alpha value is -2.99. The number of fused-ring (bicyclic) bond motifs is 1. The summed E-state index contributed by atoms with van der Waals surface area (Å²) in [5.74, 6) is -1.88. The maximum atomic E-state index is 12.9. The SMILES string of the molecule is O=C1CCC(N2C(=O)c3ccc(OCCOCCOCCOCCOCCS(=O)(=O)N4CCN(C5CCCCC5)CC4)cc3C2=O)C(=O)N1. The molecular weight excluding hydrogens is 660 g/mol. The van der Waals surface area contributed by atoms with Crippen LogP contribution >= 0.6 is 0 Å². The van der Waals surface area contributed by atoms with E-state index in [0.29, 0.717) is 64.5 Å². The minimum Gasteiger partial charge on any atom is -0.491 e. The number of amides is 4. The first kappa shape index (κ1) is 37.3. The van der Waals surface area contributed by atoms with Crippen LogP contribution in [0.3, 0.4) is 0 Å². The van der Waals surface area contributed by atoms with Crippen LogP contribution in [0.2, 0.25) is 0 Å². The van der Waals surface area contributed by atoms with Crippen molar-refractivity contribution in [3.05, 3.63) is 29.3 Å². The standard InChI is InChI=1S/C33H48N4O11S/c38-30-9-8-29(31(39)34-30)37-32(40)27-7-6-26(24-28(27)33(37)41)48-21-20-46-17-16-44-14-15-45-18-19-47-22-23-49(42,43)36-12-10-35(11-13-36)25-4-2-1-3-5-25/h6-7,24-25,29H,1-5,8-23H2,(H,34,38,39). The van der Waals surface area contributed by atoms with Crippen LogP contribution in [0.15, 0.2) is 18.2 Å². The monoisotopic (exact) mass is 708 g/mol. The molecule has 3 heterocycles. The predicted octanol–water partition coefficient (Wildman–Crippen LogP) is 0.813. The van der Waals surface area contributed by atoms with Crippen LogP contribution < -0.4 is 10.1 Å². The van der Waals surface area contributed by atoms with E-state index in [0.717, 1.165) is 18.0 Å². The van der Waals surface area contributed by atoms with Crippen LogP contribution in [-0.2, 0) is 38.6 Å². The minimum absolute atomic E-state index is 0.0240. The van der Waals surface area contributed by atoms with Crippen molar-refractivity contribution in [2.24, 2.45) is 0 Å². The van der Waals surface area contributed by atoms with Gasteiger partial charge in [-0.25, -0.2) is 8.42 Å². The Morgan fingerprint density at radius 1 is 0.694 bits per heavy atom. The lowest BCUT2D eigenvalue weighted by Gasteiger charge is -2.40. The number of piperidine rings is 1. The Labute approximate surface area is 287 Å². The van der Waals surface area contributed by atoms with E-state index in [1.165, 1.54) is 44.2 Å². The van der Waals surface area contributed by atoms with E-state index in [1.807, 2.05) is 0 Å². The predicted molar refractivity (Wildman–Crippen MR) is 176 cm³/mol. The van der Waals surface area contributed by atoms with Crippen LogP contribution in [0.1, 0.15) is 65.7 Å². The van der Waals surface area contributed by atoms with Gasteiger partial charge in [-0.15, -0.1) is 0 Å². The van der Waals surface area contributed by atoms with Crippen molar-refractivity contribution in [2.45, 2.75) is 57.0 Å². The molecular formula is C33H48N4O11S. The lowest BCUT2D eigenvalue weighted by atomic mass is 9.94. The molecule has 2 saturated heterocycles. The zero-order chi connectivity index (χ0) is 34.6. The highest BCUT2D eigenvalue weighted by molar-refractivity contribution is 7.89. The van der Waals surface area contributed by atoms with Gasteiger partial charge in [0.2, 0.25) is 21.8 Å². The first-order chi connectivity index (χ1) is 23.7. The molecule has 0 radical (unpaired) electrons. The quantitative estimate of drug-likeness (QED) is 0.159. The van der Waals surface area contributed by atoms with Gasteiger partial charge in [0, 0.05) is 38.6 Å². The molecule has 4 aliphatic rings. The number of nitrogens with one attached hydrogen (secondary N) is 1. The molecule has 1 aromatic rings. The molecule has 3 fully saturated rings. The number of carbonyl (C=O) groups excluding carboxylic acids is 4. The Morgan fingerprint density at radius 2 is 1.29 bits per heavy atom. The Kier molecular flexibility index (Phi) is 13.9. The second-order valence-electron chi connectivity index (χ2n) is 12.5. The van der Waals surface area contributed by atoms with Crippen LogP contribution in [0, 0.1) is 0 Å². The second kappa shape index (κ2) is 18.3. The summed E-state index contributed by atoms with van der Waals surface area (Å²) in [6.45, 7) is 5.44. The van der Waals surface area contributed by atoms with E-state index in [4.69, 9.17) is 23.7 Å². The molecule has 1 aliphatic carbocycles. The molecule has 15 nitrogen and oxygen atoms in total. The van der Waals surface area contributed by atoms with Crippen LogP contribution in [-0.4, -0.2) is 150 Å². The molecule has 0 bridgehead atoms. The number of nitrogens with zero attached hydrogens (tertiary/aromatic N) is 3. The first-order valence-corrected chi connectivity index (χ1v) is 18.9. The van der Waals surface area contributed by atoms with E-state index in [2.05, 4.69) is 10.2 Å². The van der Waals surface area contributed by atoms with Gasteiger partial charge in [0.05, 0.1) is 69.7 Å². The van der Waals surface area contributed by atoms with Gasteiger partial charge < -0.3 is 23.7 Å². The number of carbonyl (C=O) groups is 4. The molecule has 0 aromatic heterocycles. The molecule has 5 rings (SSSR count). The zero-order valence-corrected chi connectivity index (χ0v) is 28.8. The van der Waals surface area contributed by atoms with Crippen molar-refractivity contribution < 1.29 is 51.3 Å². The van der Waals surface area contributed by atoms with Crippen molar-refractivity contribution in [3.63, 3.8) is 0 Å². The number of sulfonamides is 1. The lowest BCUT2D eigenvalue weighted by molar-refractivity contribution is -0.136. The molecule has 1 N–H and O–H groups in total. The third kappa shape index (κ3) is 10.3. The number of rotatable bonds is 19. The molecule has 272 valence electrons. The third-order valence-corrected chi connectivity index (χ3v) is 11.1. The molecule has 1 saturated carbocycles. The largest absolute Gasteiger partial charge is 0.491 e. The van der Waals surface area contributed by atoms with Crippen LogP contribution in [0.25, 0.3) is 0 Å². The van der Waals surface area contributed by atoms with Crippen LogP contribution in [0.4, 0.5) is 0 Å². The van der Waals surface area contributed by atoms with Crippen molar-refractivity contribution in [3.8, 4) is 5.75 Å². The summed E-state index contributed by atoms with van der Waals surface area (Å²) in [7, 11) is -3.33. The van der Waals surface area contributed by atoms with Crippen molar-refractivity contribution in [1.82, 2.24) is 19.4 Å². The maximum Gasteiger partial charge on any atom is 0.262 e. The smallest absolute Gasteiger partial charge is 0.262 e. The van der Waals surface area contributed by atoms with Gasteiger partial charge in [0.15, 0.2) is 0 Å². The topological polar surface area (TPSA) is 170 Å². The highest BCUT2D eigenvalue weighted by Gasteiger charge is 2.44. The van der Waals surface area contributed by atoms with Gasteiger partial charge >= 0.3 is 0 Å². The van der Waals surface area contributed by atoms with Gasteiger partial charge in [-0.1, -0.05) is 19.3 Å². The molecule has 3 aliphatic heterocycles. The number of imide groups is 2. The first-order valence-electron chi connectivity index (χ1n) is 17.3. The van der Waals surface area contributed by atoms with Gasteiger partial charge in [0.25, 0.3) is 11.8 Å². The van der Waals surface area contributed by atoms with E-state index in [9.17, 15) is 27.6 Å². The van der Waals surface area contributed by atoms with E-state index in [1.54, 1.807) is 10.4 Å². The molecule has 16 heteroatoms. The van der Waals surface area contributed by atoms with Crippen molar-refractivity contribution in [2.75, 3.05) is 91.4 Å². The average Bonchev–Trinajstić information content (AvgIpc) is 3.35. The molecule has 0 spiro atoms. The number of ether oxygens (including phenoxy) is 5. The Bertz CT molecular complexity index is 1410. The summed E-state index contributed by atoms with van der Waals surface area (Å²) in [6.07, 6.45) is 6.49. The molecule has 1 atom stereocenters. The average molecular weight is 709 g/mol. The van der Waals surface area contributed by atoms with E-state index < -0.39 is 39.7 Å². The number of hydrogen-bond acceptors (Lipinski definition) is 12. The fourth-order valence-electron chi connectivity index (χ4n) is 6.61. The molecule has 1 aromatic carbocycles. The number of hydrogen-bond donors (Lipinski definition) is 1. The molecule has 4 amide bonds. The third-order valence-electron chi connectivity index (χ3n) is 9.27. The summed E-state index contributed by atoms with van der Waals surface area (Å²) >= 11 is 0. The van der Waals surface area contributed by atoms with Crippen molar-refractivity contribution >= 4 is 33.7 Å². The summed E-state index contributed by atoms with van der Waals surface area (Å²) in [6, 6.07) is 4.14. The van der Waals surface area contributed by atoms with Gasteiger partial charge in [-0.2, -0.15) is 4.31 Å². The number of piperazine rings is 1. The highest BCUT2D eigenvalue weighted by Crippen LogP contribution is 2.30. The van der Waals surface area contributed by atoms with Crippen molar-refractivity contribution in [1.29, 1.82) is 0 Å². The number of benzene rings is 1. The lowest BCUT2D eigenvalue weighted by Crippen LogP contribution is -2.54. The molecule has 49 heavy (non-hydrogen) atoms. The zero-order valence-electron chi connectivity index (χ0n) is 28.0. The summed E-state index contributed by atoms with van der Waals surface area (Å²) < 4.78 is 54.6. The van der Waals surface area contributed by atoms with Crippen LogP contribution in [0.5, 0.6) is 5.75 Å². The van der Waals surface area contributed by atoms with E-state index in [-0.39, 0.29) is 49.5 Å². The maximum absolute atomic E-state index is 12.9. The summed E-state index contributed by atoms with van der Waals surface area (Å²) in [5.41, 5.74) is 0.337. The fourth-order valence-corrected chi connectivity index (χ4v) is 7.91. The Balaban J connectivity index is 0.839. The normalized spacial score (nSPS) is 21.3. The highest BCUT2D eigenvalue weighted by atomic mass is 32.2. The second-order valence-corrected chi connectivity index (χ2v) is 14.6. The Morgan fingerprint density at radius 3 is 1.92 bits per heavy atom.